The molecular formula is C16H21F4N5O. The Morgan fingerprint density at radius 1 is 1.08 bits per heavy atom. The van der Waals surface area contributed by atoms with Crippen LogP contribution < -0.4 is 10.6 Å². The molecule has 144 valence electrons. The number of nitrogens with zero attached hydrogens (tertiary/aromatic N) is 3. The highest BCUT2D eigenvalue weighted by Crippen LogP contribution is 2.31. The number of allylic oxidation sites excluding steroid dienone is 2. The quantitative estimate of drug-likeness (QED) is 0.735. The van der Waals surface area contributed by atoms with Crippen LogP contribution in [0, 0.1) is 0 Å². The van der Waals surface area contributed by atoms with Gasteiger partial charge in [0.1, 0.15) is 6.04 Å². The molecule has 1 atom stereocenters. The van der Waals surface area contributed by atoms with Gasteiger partial charge in [0.15, 0.2) is 17.4 Å². The molecule has 0 radical (unpaired) electrons. The number of nitrogens with one attached hydrogen (secondary N) is 2. The minimum absolute atomic E-state index is 0.00133. The lowest BCUT2D eigenvalue weighted by Crippen LogP contribution is -2.36. The van der Waals surface area contributed by atoms with Gasteiger partial charge < -0.3 is 10.6 Å². The molecule has 0 spiro atoms. The first kappa shape index (κ1) is 20.1. The van der Waals surface area contributed by atoms with Crippen LogP contribution in [0.1, 0.15) is 52.3 Å². The lowest BCUT2D eigenvalue weighted by Gasteiger charge is -2.21. The van der Waals surface area contributed by atoms with E-state index in [0.717, 1.165) is 0 Å². The standard InChI is InChI=1S/C16H21F4N5O/c1-4-11(16(18,19)20)22-15-24-13(23-14(25-15)21-8(2)3)9-6-5-7-10(26)12(9)17/h8,11H,4-7H2,1-3H3,(H2,21,22,23,24,25)/t11-/m1/s1. The molecule has 1 heterocycles. The van der Waals surface area contributed by atoms with Crippen LogP contribution in [0.3, 0.4) is 0 Å². The first-order valence-electron chi connectivity index (χ1n) is 8.39. The van der Waals surface area contributed by atoms with Crippen molar-refractivity contribution in [3.05, 3.63) is 11.7 Å². The van der Waals surface area contributed by atoms with Crippen molar-refractivity contribution in [2.45, 2.75) is 64.7 Å². The van der Waals surface area contributed by atoms with Crippen LogP contribution in [-0.4, -0.2) is 39.0 Å². The van der Waals surface area contributed by atoms with E-state index in [2.05, 4.69) is 25.6 Å². The van der Waals surface area contributed by atoms with Gasteiger partial charge in [0.2, 0.25) is 11.9 Å². The van der Waals surface area contributed by atoms with Gasteiger partial charge in [-0.05, 0) is 33.1 Å². The molecule has 0 aliphatic heterocycles. The average Bonchev–Trinajstić information content (AvgIpc) is 2.53. The van der Waals surface area contributed by atoms with Crippen molar-refractivity contribution in [3.8, 4) is 0 Å². The number of carbonyl (C=O) groups is 1. The summed E-state index contributed by atoms with van der Waals surface area (Å²) in [6.07, 6.45) is -3.96. The number of hydrogen-bond donors (Lipinski definition) is 2. The molecule has 2 rings (SSSR count). The Labute approximate surface area is 148 Å². The van der Waals surface area contributed by atoms with Crippen LogP contribution in [0.2, 0.25) is 0 Å². The molecule has 0 aromatic carbocycles. The summed E-state index contributed by atoms with van der Waals surface area (Å²) in [5, 5.41) is 5.10. The molecule has 6 nitrogen and oxygen atoms in total. The van der Waals surface area contributed by atoms with Crippen molar-refractivity contribution < 1.29 is 22.4 Å². The number of halogens is 4. The Kier molecular flexibility index (Phi) is 6.14. The van der Waals surface area contributed by atoms with Gasteiger partial charge in [-0.1, -0.05) is 6.92 Å². The van der Waals surface area contributed by atoms with Crippen LogP contribution in [-0.2, 0) is 4.79 Å². The smallest absolute Gasteiger partial charge is 0.352 e. The predicted molar refractivity (Wildman–Crippen MR) is 89.2 cm³/mol. The van der Waals surface area contributed by atoms with E-state index in [0.29, 0.717) is 6.42 Å². The van der Waals surface area contributed by atoms with Crippen LogP contribution in [0.15, 0.2) is 5.83 Å². The Morgan fingerprint density at radius 3 is 2.23 bits per heavy atom. The lowest BCUT2D eigenvalue weighted by molar-refractivity contribution is -0.143. The third-order valence-corrected chi connectivity index (χ3v) is 3.77. The van der Waals surface area contributed by atoms with Crippen LogP contribution in [0.5, 0.6) is 0 Å². The highest BCUT2D eigenvalue weighted by Gasteiger charge is 2.39. The van der Waals surface area contributed by atoms with Crippen molar-refractivity contribution >= 4 is 23.3 Å². The number of hydrogen-bond acceptors (Lipinski definition) is 6. The minimum Gasteiger partial charge on any atom is -0.352 e. The largest absolute Gasteiger partial charge is 0.408 e. The Morgan fingerprint density at radius 2 is 1.69 bits per heavy atom. The van der Waals surface area contributed by atoms with Crippen molar-refractivity contribution in [1.29, 1.82) is 0 Å². The second kappa shape index (κ2) is 7.96. The summed E-state index contributed by atoms with van der Waals surface area (Å²) >= 11 is 0. The van der Waals surface area contributed by atoms with E-state index >= 15 is 0 Å². The van der Waals surface area contributed by atoms with Crippen LogP contribution in [0.25, 0.3) is 5.57 Å². The molecule has 0 amide bonds. The topological polar surface area (TPSA) is 79.8 Å². The fraction of sp³-hybridized carbons (Fsp3) is 0.625. The van der Waals surface area contributed by atoms with Gasteiger partial charge in [-0.15, -0.1) is 0 Å². The highest BCUT2D eigenvalue weighted by molar-refractivity contribution is 6.01. The number of ketones is 1. The normalized spacial score (nSPS) is 16.8. The molecule has 0 saturated heterocycles. The van der Waals surface area contributed by atoms with E-state index < -0.39 is 23.8 Å². The molecule has 0 unspecified atom stereocenters. The summed E-state index contributed by atoms with van der Waals surface area (Å²) in [5.41, 5.74) is -0.00133. The van der Waals surface area contributed by atoms with Crippen molar-refractivity contribution in [2.24, 2.45) is 0 Å². The van der Waals surface area contributed by atoms with E-state index in [4.69, 9.17) is 0 Å². The van der Waals surface area contributed by atoms with Gasteiger partial charge in [0.25, 0.3) is 0 Å². The van der Waals surface area contributed by atoms with E-state index in [-0.39, 0.29) is 48.6 Å². The van der Waals surface area contributed by atoms with Crippen molar-refractivity contribution in [1.82, 2.24) is 15.0 Å². The first-order chi connectivity index (χ1) is 12.1. The minimum atomic E-state index is -4.49. The van der Waals surface area contributed by atoms with Gasteiger partial charge in [-0.2, -0.15) is 28.1 Å². The molecule has 2 N–H and O–H groups in total. The molecule has 0 bridgehead atoms. The Bertz CT molecular complexity index is 702. The second-order valence-electron chi connectivity index (χ2n) is 6.32. The molecular weight excluding hydrogens is 354 g/mol. The lowest BCUT2D eigenvalue weighted by atomic mass is 9.97. The Balaban J connectivity index is 2.45. The van der Waals surface area contributed by atoms with Gasteiger partial charge in [0.05, 0.1) is 0 Å². The van der Waals surface area contributed by atoms with E-state index in [1.165, 1.54) is 6.92 Å². The third kappa shape index (κ3) is 4.89. The molecule has 1 aromatic heterocycles. The summed E-state index contributed by atoms with van der Waals surface area (Å²) in [4.78, 5) is 23.5. The van der Waals surface area contributed by atoms with Gasteiger partial charge >= 0.3 is 6.18 Å². The molecule has 26 heavy (non-hydrogen) atoms. The van der Waals surface area contributed by atoms with E-state index in [1.807, 2.05) is 0 Å². The van der Waals surface area contributed by atoms with E-state index in [1.54, 1.807) is 13.8 Å². The van der Waals surface area contributed by atoms with Gasteiger partial charge in [0, 0.05) is 18.0 Å². The summed E-state index contributed by atoms with van der Waals surface area (Å²) in [6.45, 7) is 4.97. The monoisotopic (exact) mass is 375 g/mol. The maximum Gasteiger partial charge on any atom is 0.408 e. The maximum atomic E-state index is 14.2. The maximum absolute atomic E-state index is 14.2. The Hall–Kier alpha value is -2.26. The van der Waals surface area contributed by atoms with E-state index in [9.17, 15) is 22.4 Å². The fourth-order valence-corrected chi connectivity index (χ4v) is 2.49. The molecule has 1 aliphatic rings. The zero-order valence-corrected chi connectivity index (χ0v) is 14.7. The number of carbonyl (C=O) groups excluding carboxylic acids is 1. The second-order valence-corrected chi connectivity index (χ2v) is 6.32. The van der Waals surface area contributed by atoms with Crippen LogP contribution >= 0.6 is 0 Å². The summed E-state index contributed by atoms with van der Waals surface area (Å²) in [7, 11) is 0. The third-order valence-electron chi connectivity index (χ3n) is 3.77. The SMILES string of the molecule is CC[C@@H](Nc1nc(NC(C)C)nc(C2=C(F)C(=O)CCC2)n1)C(F)(F)F. The van der Waals surface area contributed by atoms with Gasteiger partial charge in [-0.25, -0.2) is 4.39 Å². The molecule has 10 heteroatoms. The summed E-state index contributed by atoms with van der Waals surface area (Å²) < 4.78 is 53.2. The number of anilines is 2. The molecule has 1 aromatic rings. The number of aromatic nitrogens is 3. The zero-order chi connectivity index (χ0) is 19.5. The first-order valence-corrected chi connectivity index (χ1v) is 8.39. The predicted octanol–water partition coefficient (Wildman–Crippen LogP) is 3.88. The number of alkyl halides is 3. The zero-order valence-electron chi connectivity index (χ0n) is 14.7. The highest BCUT2D eigenvalue weighted by atomic mass is 19.4. The van der Waals surface area contributed by atoms with Crippen LogP contribution in [0.4, 0.5) is 29.5 Å². The van der Waals surface area contributed by atoms with Crippen molar-refractivity contribution in [2.75, 3.05) is 10.6 Å². The fourth-order valence-electron chi connectivity index (χ4n) is 2.49. The van der Waals surface area contributed by atoms with Crippen molar-refractivity contribution in [3.63, 3.8) is 0 Å². The molecule has 0 saturated carbocycles. The number of rotatable bonds is 6. The summed E-state index contributed by atoms with van der Waals surface area (Å²) in [6, 6.07) is -1.95. The molecule has 1 aliphatic carbocycles. The number of Topliss-reactive ketones (excluding diaryl/α,β-unsaturated/α-hetero) is 1. The molecule has 0 fully saturated rings. The van der Waals surface area contributed by atoms with Gasteiger partial charge in [-0.3, -0.25) is 4.79 Å². The average molecular weight is 375 g/mol. The summed E-state index contributed by atoms with van der Waals surface area (Å²) in [5.74, 6) is -2.02.